The first kappa shape index (κ1) is 20.3. The lowest BCUT2D eigenvalue weighted by Gasteiger charge is -2.28. The summed E-state index contributed by atoms with van der Waals surface area (Å²) < 4.78 is -1.61. The lowest BCUT2D eigenvalue weighted by atomic mass is 9.79. The number of rotatable bonds is 6. The van der Waals surface area contributed by atoms with E-state index in [0.717, 1.165) is 11.8 Å². The van der Waals surface area contributed by atoms with Crippen LogP contribution in [0, 0.1) is 22.7 Å². The van der Waals surface area contributed by atoms with E-state index in [4.69, 9.17) is 13.6 Å². The number of pyridine rings is 1. The molecule has 0 aliphatic rings. The molecule has 2 N–H and O–H groups in total. The summed E-state index contributed by atoms with van der Waals surface area (Å²) in [6.45, 7) is 1.85. The van der Waals surface area contributed by atoms with E-state index in [2.05, 4.69) is 17.1 Å². The Morgan fingerprint density at radius 1 is 1.26 bits per heavy atom. The fourth-order valence-corrected chi connectivity index (χ4v) is 3.73. The molecule has 1 unspecified atom stereocenters. The summed E-state index contributed by atoms with van der Waals surface area (Å²) >= 11 is 0.917. The van der Waals surface area contributed by atoms with Crippen LogP contribution in [0.1, 0.15) is 29.2 Å². The van der Waals surface area contributed by atoms with Crippen molar-refractivity contribution in [3.63, 3.8) is 0 Å². The van der Waals surface area contributed by atoms with Crippen LogP contribution in [0.3, 0.4) is 0 Å². The maximum Gasteiger partial charge on any atom is 0.229 e. The van der Waals surface area contributed by atoms with Crippen molar-refractivity contribution in [2.24, 2.45) is 5.73 Å². The molecule has 2 radical (unpaired) electrons. The van der Waals surface area contributed by atoms with Crippen LogP contribution in [-0.4, -0.2) is 32.8 Å². The van der Waals surface area contributed by atoms with E-state index in [1.807, 2.05) is 6.92 Å². The molecule has 1 amide bonds. The molecule has 6 nitrogen and oxygen atoms in total. The molecule has 27 heavy (non-hydrogen) atoms. The molecule has 2 rings (SSSR count). The minimum atomic E-state index is -1.61. The number of thioether (sulfide) groups is 1. The van der Waals surface area contributed by atoms with E-state index < -0.39 is 10.6 Å². The van der Waals surface area contributed by atoms with Crippen molar-refractivity contribution in [3.8, 4) is 12.1 Å². The Hall–Kier alpha value is -2.97. The molecule has 2 aromatic rings. The summed E-state index contributed by atoms with van der Waals surface area (Å²) in [6, 6.07) is 12.9. The van der Waals surface area contributed by atoms with E-state index in [-0.39, 0.29) is 10.6 Å². The van der Waals surface area contributed by atoms with Crippen LogP contribution >= 0.6 is 11.8 Å². The number of nitriles is 2. The predicted octanol–water partition coefficient (Wildman–Crippen LogP) is 2.05. The van der Waals surface area contributed by atoms with Gasteiger partial charge in [-0.3, -0.25) is 4.79 Å². The zero-order valence-corrected chi connectivity index (χ0v) is 16.2. The van der Waals surface area contributed by atoms with Crippen molar-refractivity contribution in [1.29, 1.82) is 10.5 Å². The number of nitrogens with two attached hydrogens (primary N) is 1. The van der Waals surface area contributed by atoms with Gasteiger partial charge in [0, 0.05) is 14.1 Å². The number of hydrogen-bond donors (Lipinski definition) is 1. The average molecular weight is 375 g/mol. The molecule has 8 heteroatoms. The zero-order chi connectivity index (χ0) is 20.2. The highest BCUT2D eigenvalue weighted by Gasteiger charge is 2.36. The summed E-state index contributed by atoms with van der Waals surface area (Å²) in [5.74, 6) is -0.339. The van der Waals surface area contributed by atoms with Crippen molar-refractivity contribution >= 4 is 31.3 Å². The standard InChI is InChI=1S/C19H18BN5OS/c1-4-13-14(10-21)16(25(2)3)24-17(15(13)11-22)27-19(20,18(23)26)12-8-6-5-7-9-12/h5-9H,4H2,1-3H3,(H2,23,26). The Bertz CT molecular complexity index is 949. The number of primary amides is 1. The number of hydrogen-bond acceptors (Lipinski definition) is 6. The largest absolute Gasteiger partial charge is 0.369 e. The molecule has 134 valence electrons. The predicted molar refractivity (Wildman–Crippen MR) is 106 cm³/mol. The monoisotopic (exact) mass is 375 g/mol. The Kier molecular flexibility index (Phi) is 6.15. The first-order valence-electron chi connectivity index (χ1n) is 8.17. The van der Waals surface area contributed by atoms with E-state index in [1.54, 1.807) is 49.3 Å². The van der Waals surface area contributed by atoms with Gasteiger partial charge in [0.1, 0.15) is 30.8 Å². The van der Waals surface area contributed by atoms with Gasteiger partial charge in [-0.15, -0.1) is 0 Å². The summed E-state index contributed by atoms with van der Waals surface area (Å²) in [6.07, 6.45) is 0.461. The Labute approximate surface area is 164 Å². The van der Waals surface area contributed by atoms with E-state index >= 15 is 0 Å². The van der Waals surface area contributed by atoms with Gasteiger partial charge >= 0.3 is 0 Å². The number of amides is 1. The van der Waals surface area contributed by atoms with Crippen LogP contribution in [0.4, 0.5) is 5.82 Å². The molecule has 0 aliphatic heterocycles. The number of carbonyl (C=O) groups is 1. The third-order valence-electron chi connectivity index (χ3n) is 4.08. The van der Waals surface area contributed by atoms with Gasteiger partial charge in [0.15, 0.2) is 0 Å². The quantitative estimate of drug-likeness (QED) is 0.612. The zero-order valence-electron chi connectivity index (χ0n) is 15.4. The van der Waals surface area contributed by atoms with Crippen LogP contribution in [-0.2, 0) is 15.9 Å². The van der Waals surface area contributed by atoms with Crippen molar-refractivity contribution in [1.82, 2.24) is 4.98 Å². The maximum atomic E-state index is 12.2. The topological polar surface area (TPSA) is 107 Å². The van der Waals surface area contributed by atoms with Crippen LogP contribution in [0.25, 0.3) is 0 Å². The Balaban J connectivity index is 2.74. The van der Waals surface area contributed by atoms with Crippen molar-refractivity contribution in [2.45, 2.75) is 23.0 Å². The van der Waals surface area contributed by atoms with E-state index in [0.29, 0.717) is 28.9 Å². The van der Waals surface area contributed by atoms with Gasteiger partial charge in [0.05, 0.1) is 15.8 Å². The van der Waals surface area contributed by atoms with Crippen LogP contribution < -0.4 is 10.6 Å². The summed E-state index contributed by atoms with van der Waals surface area (Å²) in [5, 5.41) is 19.5. The van der Waals surface area contributed by atoms with E-state index in [9.17, 15) is 15.3 Å². The molecule has 0 saturated carbocycles. The Morgan fingerprint density at radius 2 is 1.85 bits per heavy atom. The second kappa shape index (κ2) is 8.15. The van der Waals surface area contributed by atoms with Crippen molar-refractivity contribution < 1.29 is 4.79 Å². The first-order chi connectivity index (χ1) is 12.8. The van der Waals surface area contributed by atoms with Crippen LogP contribution in [0.5, 0.6) is 0 Å². The second-order valence-corrected chi connectivity index (χ2v) is 7.24. The van der Waals surface area contributed by atoms with Crippen molar-refractivity contribution in [3.05, 3.63) is 52.6 Å². The maximum absolute atomic E-state index is 12.2. The number of benzene rings is 1. The summed E-state index contributed by atoms with van der Waals surface area (Å²) in [5.41, 5.74) is 7.25. The lowest BCUT2D eigenvalue weighted by molar-refractivity contribution is -0.118. The fourth-order valence-electron chi connectivity index (χ4n) is 2.67. The van der Waals surface area contributed by atoms with Gasteiger partial charge in [0.25, 0.3) is 0 Å². The van der Waals surface area contributed by atoms with Gasteiger partial charge in [-0.2, -0.15) is 10.5 Å². The SMILES string of the molecule is [B]C(Sc1nc(N(C)C)c(C#N)c(CC)c1C#N)(C(N)=O)c1ccccc1. The van der Waals surface area contributed by atoms with Crippen LogP contribution in [0.2, 0.25) is 0 Å². The number of aromatic nitrogens is 1. The minimum absolute atomic E-state index is 0.233. The molecule has 0 bridgehead atoms. The van der Waals surface area contributed by atoms with Gasteiger partial charge in [-0.05, 0) is 17.5 Å². The number of anilines is 1. The third-order valence-corrected chi connectivity index (χ3v) is 5.32. The average Bonchev–Trinajstić information content (AvgIpc) is 2.67. The smallest absolute Gasteiger partial charge is 0.229 e. The van der Waals surface area contributed by atoms with Crippen LogP contribution in [0.15, 0.2) is 35.4 Å². The molecular weight excluding hydrogens is 357 g/mol. The number of nitrogens with zero attached hydrogens (tertiary/aromatic N) is 4. The number of carbonyl (C=O) groups excluding carboxylic acids is 1. The minimum Gasteiger partial charge on any atom is -0.369 e. The molecule has 1 aromatic heterocycles. The highest BCUT2D eigenvalue weighted by Crippen LogP contribution is 2.41. The molecule has 1 aromatic carbocycles. The first-order valence-corrected chi connectivity index (χ1v) is 8.99. The fraction of sp³-hybridized carbons (Fsp3) is 0.263. The lowest BCUT2D eigenvalue weighted by Crippen LogP contribution is -2.39. The molecule has 1 atom stereocenters. The normalized spacial score (nSPS) is 12.5. The highest BCUT2D eigenvalue weighted by molar-refractivity contribution is 8.02. The molecular formula is C19H18BN5OS. The van der Waals surface area contributed by atoms with Crippen molar-refractivity contribution in [2.75, 3.05) is 19.0 Å². The molecule has 0 aliphatic carbocycles. The second-order valence-electron chi connectivity index (χ2n) is 6.01. The van der Waals surface area contributed by atoms with Gasteiger partial charge in [0.2, 0.25) is 5.91 Å². The van der Waals surface area contributed by atoms with E-state index in [1.165, 1.54) is 0 Å². The Morgan fingerprint density at radius 3 is 2.30 bits per heavy atom. The molecule has 0 spiro atoms. The van der Waals surface area contributed by atoms with Gasteiger partial charge in [-0.1, -0.05) is 49.0 Å². The van der Waals surface area contributed by atoms with Gasteiger partial charge < -0.3 is 10.6 Å². The third kappa shape index (κ3) is 3.76. The van der Waals surface area contributed by atoms with Gasteiger partial charge in [-0.25, -0.2) is 4.98 Å². The molecule has 0 fully saturated rings. The highest BCUT2D eigenvalue weighted by atomic mass is 32.2. The molecule has 1 heterocycles. The molecule has 0 saturated heterocycles. The summed E-state index contributed by atoms with van der Waals surface area (Å²) in [7, 11) is 9.87. The summed E-state index contributed by atoms with van der Waals surface area (Å²) in [4.78, 5) is 18.4.